The Morgan fingerprint density at radius 3 is 2.12 bits per heavy atom. The van der Waals surface area contributed by atoms with Gasteiger partial charge in [0.15, 0.2) is 0 Å². The van der Waals surface area contributed by atoms with Crippen LogP contribution in [-0.2, 0) is 10.0 Å². The molecule has 16 heavy (non-hydrogen) atoms. The molecule has 1 aromatic carbocycles. The van der Waals surface area contributed by atoms with Gasteiger partial charge in [0.2, 0.25) is 0 Å². The highest BCUT2D eigenvalue weighted by molar-refractivity contribution is 7.90. The summed E-state index contributed by atoms with van der Waals surface area (Å²) in [6, 6.07) is 5.38. The first-order valence-corrected chi connectivity index (χ1v) is 5.60. The maximum absolute atomic E-state index is 11.8. The third kappa shape index (κ3) is 3.65. The number of halogens is 3. The molecule has 3 nitrogen and oxygen atoms in total. The van der Waals surface area contributed by atoms with Gasteiger partial charge in [-0.05, 0) is 19.1 Å². The summed E-state index contributed by atoms with van der Waals surface area (Å²) in [7, 11) is -4.26. The lowest BCUT2D eigenvalue weighted by atomic mass is 10.2. The smallest absolute Gasteiger partial charge is 0.199 e. The van der Waals surface area contributed by atoms with E-state index in [0.717, 1.165) is 5.56 Å². The van der Waals surface area contributed by atoms with Crippen molar-refractivity contribution in [1.29, 1.82) is 0 Å². The third-order valence-electron chi connectivity index (χ3n) is 1.66. The number of benzene rings is 1. The fourth-order valence-electron chi connectivity index (χ4n) is 0.900. The number of sulfonamides is 1. The Morgan fingerprint density at radius 2 is 1.69 bits per heavy atom. The number of alkyl halides is 3. The van der Waals surface area contributed by atoms with Crippen molar-refractivity contribution in [3.8, 4) is 0 Å². The van der Waals surface area contributed by atoms with Gasteiger partial charge in [0.05, 0.1) is 4.90 Å². The lowest BCUT2D eigenvalue weighted by Crippen LogP contribution is -2.10. The van der Waals surface area contributed by atoms with Gasteiger partial charge >= 0.3 is 6.18 Å². The minimum Gasteiger partial charge on any atom is -0.199 e. The first-order chi connectivity index (χ1) is 7.21. The van der Waals surface area contributed by atoms with Crippen LogP contribution in [0.25, 0.3) is 0 Å². The van der Waals surface area contributed by atoms with E-state index < -0.39 is 22.4 Å². The summed E-state index contributed by atoms with van der Waals surface area (Å²) < 4.78 is 60.4. The number of rotatable bonds is 2. The molecule has 0 amide bonds. The van der Waals surface area contributed by atoms with E-state index in [4.69, 9.17) is 0 Å². The topological polar surface area (TPSA) is 46.5 Å². The zero-order valence-corrected chi connectivity index (χ0v) is 9.01. The van der Waals surface area contributed by atoms with Crippen LogP contribution in [0.2, 0.25) is 0 Å². The predicted octanol–water partition coefficient (Wildman–Crippen LogP) is 2.32. The van der Waals surface area contributed by atoms with Crippen LogP contribution in [0.5, 0.6) is 0 Å². The number of hydrogen-bond acceptors (Lipinski definition) is 2. The molecule has 0 saturated heterocycles. The molecule has 0 N–H and O–H groups in total. The highest BCUT2D eigenvalue weighted by Gasteiger charge is 2.25. The van der Waals surface area contributed by atoms with Crippen molar-refractivity contribution in [3.05, 3.63) is 29.8 Å². The molecular weight excluding hydrogens is 243 g/mol. The van der Waals surface area contributed by atoms with Crippen molar-refractivity contribution < 1.29 is 21.6 Å². The Hall–Kier alpha value is -1.37. The van der Waals surface area contributed by atoms with Crippen molar-refractivity contribution in [3.63, 3.8) is 0 Å². The summed E-state index contributed by atoms with van der Waals surface area (Å²) in [5.74, 6) is 0. The van der Waals surface area contributed by atoms with Crippen molar-refractivity contribution in [1.82, 2.24) is 0 Å². The number of hydrogen-bond donors (Lipinski definition) is 0. The van der Waals surface area contributed by atoms with Crippen LogP contribution in [-0.4, -0.2) is 20.8 Å². The molecule has 0 aromatic heterocycles. The maximum atomic E-state index is 11.8. The SMILES string of the molecule is Cc1ccc(S(=O)(=O)/N=C\C(F)(F)F)cc1. The van der Waals surface area contributed by atoms with Gasteiger partial charge in [0, 0.05) is 0 Å². The van der Waals surface area contributed by atoms with E-state index in [9.17, 15) is 21.6 Å². The quantitative estimate of drug-likeness (QED) is 0.757. The summed E-state index contributed by atoms with van der Waals surface area (Å²) in [5, 5.41) is 0. The molecule has 0 unspecified atom stereocenters. The molecule has 0 atom stereocenters. The fraction of sp³-hybridized carbons (Fsp3) is 0.222. The van der Waals surface area contributed by atoms with Crippen molar-refractivity contribution >= 4 is 16.2 Å². The molecule has 1 aromatic rings. The van der Waals surface area contributed by atoms with Crippen LogP contribution in [0.3, 0.4) is 0 Å². The molecule has 0 heterocycles. The van der Waals surface area contributed by atoms with E-state index in [-0.39, 0.29) is 4.90 Å². The second-order valence-corrected chi connectivity index (χ2v) is 4.70. The first-order valence-electron chi connectivity index (χ1n) is 4.16. The van der Waals surface area contributed by atoms with Crippen LogP contribution < -0.4 is 0 Å². The van der Waals surface area contributed by atoms with E-state index in [2.05, 4.69) is 4.40 Å². The first kappa shape index (κ1) is 12.7. The van der Waals surface area contributed by atoms with E-state index in [1.165, 1.54) is 24.3 Å². The summed E-state index contributed by atoms with van der Waals surface area (Å²) in [6.07, 6.45) is -5.28. The lowest BCUT2D eigenvalue weighted by Gasteiger charge is -2.00. The molecule has 0 aliphatic rings. The Balaban J connectivity index is 3.04. The van der Waals surface area contributed by atoms with Gasteiger partial charge in [-0.25, -0.2) is 0 Å². The predicted molar refractivity (Wildman–Crippen MR) is 52.9 cm³/mol. The van der Waals surface area contributed by atoms with Crippen molar-refractivity contribution in [2.45, 2.75) is 18.0 Å². The Morgan fingerprint density at radius 1 is 1.19 bits per heavy atom. The standard InChI is InChI=1S/C9H8F3NO2S/c1-7-2-4-8(5-3-7)16(14,15)13-6-9(10,11)12/h2-6H,1H3/b13-6-. The average molecular weight is 251 g/mol. The molecule has 0 aliphatic carbocycles. The van der Waals surface area contributed by atoms with Crippen LogP contribution in [0.1, 0.15) is 5.56 Å². The third-order valence-corrected chi connectivity index (χ3v) is 2.91. The van der Waals surface area contributed by atoms with E-state index in [0.29, 0.717) is 0 Å². The Kier molecular flexibility index (Phi) is 3.37. The fourth-order valence-corrected chi connectivity index (χ4v) is 1.76. The van der Waals surface area contributed by atoms with Gasteiger partial charge in [-0.15, -0.1) is 0 Å². The minimum absolute atomic E-state index is 0.265. The number of nitrogens with zero attached hydrogens (tertiary/aromatic N) is 1. The van der Waals surface area contributed by atoms with Gasteiger partial charge in [-0.1, -0.05) is 17.7 Å². The molecule has 0 saturated carbocycles. The van der Waals surface area contributed by atoms with Gasteiger partial charge in [-0.2, -0.15) is 26.0 Å². The lowest BCUT2D eigenvalue weighted by molar-refractivity contribution is -0.0534. The van der Waals surface area contributed by atoms with E-state index in [1.807, 2.05) is 0 Å². The molecule has 7 heteroatoms. The monoisotopic (exact) mass is 251 g/mol. The van der Waals surface area contributed by atoms with E-state index >= 15 is 0 Å². The molecule has 1 rings (SSSR count). The molecule has 0 spiro atoms. The summed E-state index contributed by atoms with van der Waals surface area (Å²) in [4.78, 5) is -0.265. The average Bonchev–Trinajstić information content (AvgIpc) is 2.15. The molecule has 0 radical (unpaired) electrons. The van der Waals surface area contributed by atoms with Crippen molar-refractivity contribution in [2.24, 2.45) is 4.40 Å². The Bertz CT molecular complexity index is 488. The maximum Gasteiger partial charge on any atom is 0.427 e. The highest BCUT2D eigenvalue weighted by atomic mass is 32.2. The zero-order chi connectivity index (χ0) is 12.4. The van der Waals surface area contributed by atoms with Crippen LogP contribution in [0.4, 0.5) is 13.2 Å². The highest BCUT2D eigenvalue weighted by Crippen LogP contribution is 2.16. The van der Waals surface area contributed by atoms with Gasteiger partial charge < -0.3 is 0 Å². The number of aryl methyl sites for hydroxylation is 1. The minimum atomic E-state index is -4.74. The molecular formula is C9H8F3NO2S. The zero-order valence-electron chi connectivity index (χ0n) is 8.19. The molecule has 0 aliphatic heterocycles. The normalized spacial score (nSPS) is 13.2. The van der Waals surface area contributed by atoms with Gasteiger partial charge in [-0.3, -0.25) is 0 Å². The summed E-state index contributed by atoms with van der Waals surface area (Å²) in [5.41, 5.74) is 0.804. The van der Waals surface area contributed by atoms with E-state index in [1.54, 1.807) is 6.92 Å². The van der Waals surface area contributed by atoms with Crippen LogP contribution >= 0.6 is 0 Å². The molecule has 88 valence electrons. The van der Waals surface area contributed by atoms with Gasteiger partial charge in [0.25, 0.3) is 10.0 Å². The van der Waals surface area contributed by atoms with Crippen molar-refractivity contribution in [2.75, 3.05) is 0 Å². The molecule has 0 fully saturated rings. The Labute approximate surface area is 90.7 Å². The second-order valence-electron chi connectivity index (χ2n) is 3.06. The van der Waals surface area contributed by atoms with Crippen LogP contribution in [0.15, 0.2) is 33.6 Å². The summed E-state index contributed by atoms with van der Waals surface area (Å²) >= 11 is 0. The van der Waals surface area contributed by atoms with Crippen LogP contribution in [0, 0.1) is 6.92 Å². The molecule has 0 bridgehead atoms. The second kappa shape index (κ2) is 4.25. The summed E-state index contributed by atoms with van der Waals surface area (Å²) in [6.45, 7) is 1.73. The largest absolute Gasteiger partial charge is 0.427 e. The van der Waals surface area contributed by atoms with Gasteiger partial charge in [0.1, 0.15) is 6.21 Å².